The summed E-state index contributed by atoms with van der Waals surface area (Å²) in [7, 11) is 0. The molecule has 2 aromatic rings. The summed E-state index contributed by atoms with van der Waals surface area (Å²) in [6.45, 7) is 8.98. The topological polar surface area (TPSA) is 0 Å². The molecule has 2 rings (SSSR count). The van der Waals surface area contributed by atoms with Crippen molar-refractivity contribution in [3.8, 4) is 0 Å². The Morgan fingerprint density at radius 1 is 1.18 bits per heavy atom. The van der Waals surface area contributed by atoms with Crippen molar-refractivity contribution in [3.05, 3.63) is 43.8 Å². The van der Waals surface area contributed by atoms with Crippen molar-refractivity contribution < 1.29 is 0 Å². The summed E-state index contributed by atoms with van der Waals surface area (Å²) in [5.41, 5.74) is 3.03. The summed E-state index contributed by atoms with van der Waals surface area (Å²) in [6, 6.07) is 4.51. The zero-order valence-electron chi connectivity index (χ0n) is 10.6. The highest BCUT2D eigenvalue weighted by molar-refractivity contribution is 9.09. The van der Waals surface area contributed by atoms with Crippen molar-refractivity contribution >= 4 is 38.6 Å². The number of rotatable bonds is 2. The highest BCUT2D eigenvalue weighted by Crippen LogP contribution is 2.40. The number of aryl methyl sites for hydroxylation is 1. The molecule has 0 aliphatic carbocycles. The van der Waals surface area contributed by atoms with Gasteiger partial charge in [0.1, 0.15) is 0 Å². The van der Waals surface area contributed by atoms with Crippen molar-refractivity contribution in [1.29, 1.82) is 0 Å². The SMILES string of the molecule is Cc1cscc1C(Br)c1ccc(C(C)(C)C)s1. The average Bonchev–Trinajstić information content (AvgIpc) is 2.83. The maximum atomic E-state index is 3.82. The van der Waals surface area contributed by atoms with Gasteiger partial charge in [0.2, 0.25) is 0 Å². The fourth-order valence-corrected chi connectivity index (χ4v) is 4.72. The van der Waals surface area contributed by atoms with Gasteiger partial charge < -0.3 is 0 Å². The Morgan fingerprint density at radius 3 is 2.35 bits per heavy atom. The Morgan fingerprint density at radius 2 is 1.88 bits per heavy atom. The fourth-order valence-electron chi connectivity index (χ4n) is 1.68. The van der Waals surface area contributed by atoms with Crippen LogP contribution in [0.2, 0.25) is 0 Å². The second kappa shape index (κ2) is 4.87. The molecule has 1 unspecified atom stereocenters. The standard InChI is InChI=1S/C14H17BrS2/c1-9-7-16-8-10(9)13(15)11-5-6-12(17-11)14(2,3)4/h5-8,13H,1-4H3. The van der Waals surface area contributed by atoms with Gasteiger partial charge in [-0.3, -0.25) is 0 Å². The molecule has 1 atom stereocenters. The minimum Gasteiger partial charge on any atom is -0.152 e. The van der Waals surface area contributed by atoms with E-state index in [1.54, 1.807) is 11.3 Å². The van der Waals surface area contributed by atoms with Gasteiger partial charge in [0, 0.05) is 9.75 Å². The van der Waals surface area contributed by atoms with E-state index in [1.807, 2.05) is 11.3 Å². The molecule has 0 bridgehead atoms. The van der Waals surface area contributed by atoms with Gasteiger partial charge in [0.05, 0.1) is 4.83 Å². The van der Waals surface area contributed by atoms with E-state index in [0.717, 1.165) is 0 Å². The summed E-state index contributed by atoms with van der Waals surface area (Å²) in [5, 5.41) is 4.45. The van der Waals surface area contributed by atoms with Gasteiger partial charge in [0.25, 0.3) is 0 Å². The van der Waals surface area contributed by atoms with Crippen LogP contribution >= 0.6 is 38.6 Å². The first-order chi connectivity index (χ1) is 7.89. The number of alkyl halides is 1. The summed E-state index contributed by atoms with van der Waals surface area (Å²) in [6.07, 6.45) is 0. The van der Waals surface area contributed by atoms with Crippen molar-refractivity contribution in [2.45, 2.75) is 37.9 Å². The lowest BCUT2D eigenvalue weighted by molar-refractivity contribution is 0.604. The van der Waals surface area contributed by atoms with Gasteiger partial charge in [-0.25, -0.2) is 0 Å². The lowest BCUT2D eigenvalue weighted by atomic mass is 9.95. The van der Waals surface area contributed by atoms with Crippen LogP contribution in [0.25, 0.3) is 0 Å². The van der Waals surface area contributed by atoms with Crippen LogP contribution in [0.15, 0.2) is 22.9 Å². The van der Waals surface area contributed by atoms with E-state index < -0.39 is 0 Å². The molecule has 2 aromatic heterocycles. The molecule has 0 aliphatic rings. The first kappa shape index (κ1) is 13.3. The molecule has 0 amide bonds. The van der Waals surface area contributed by atoms with Gasteiger partial charge in [-0.15, -0.1) is 11.3 Å². The Bertz CT molecular complexity index is 502. The highest BCUT2D eigenvalue weighted by atomic mass is 79.9. The number of halogens is 1. The molecular formula is C14H17BrS2. The molecule has 2 heterocycles. The first-order valence-corrected chi connectivity index (χ1v) is 8.34. The zero-order valence-corrected chi connectivity index (χ0v) is 13.8. The lowest BCUT2D eigenvalue weighted by Crippen LogP contribution is -2.07. The lowest BCUT2D eigenvalue weighted by Gasteiger charge is -2.15. The van der Waals surface area contributed by atoms with E-state index in [4.69, 9.17) is 0 Å². The predicted molar refractivity (Wildman–Crippen MR) is 82.8 cm³/mol. The van der Waals surface area contributed by atoms with Gasteiger partial charge in [-0.1, -0.05) is 36.7 Å². The van der Waals surface area contributed by atoms with Crippen LogP contribution in [0, 0.1) is 6.92 Å². The predicted octanol–water partition coefficient (Wildman–Crippen LogP) is 5.90. The third-order valence-electron chi connectivity index (χ3n) is 2.78. The van der Waals surface area contributed by atoms with Gasteiger partial charge in [-0.2, -0.15) is 11.3 Å². The molecule has 17 heavy (non-hydrogen) atoms. The third-order valence-corrected chi connectivity index (χ3v) is 6.53. The molecule has 0 N–H and O–H groups in total. The van der Waals surface area contributed by atoms with E-state index in [0.29, 0.717) is 4.83 Å². The van der Waals surface area contributed by atoms with Gasteiger partial charge >= 0.3 is 0 Å². The van der Waals surface area contributed by atoms with Crippen LogP contribution in [-0.2, 0) is 5.41 Å². The second-order valence-corrected chi connectivity index (χ2v) is 8.10. The molecule has 0 fully saturated rings. The number of thiophene rings is 2. The quantitative estimate of drug-likeness (QED) is 0.602. The van der Waals surface area contributed by atoms with Gasteiger partial charge in [0.15, 0.2) is 0 Å². The molecule has 0 nitrogen and oxygen atoms in total. The second-order valence-electron chi connectivity index (χ2n) is 5.32. The zero-order chi connectivity index (χ0) is 12.6. The van der Waals surface area contributed by atoms with Crippen LogP contribution in [0.5, 0.6) is 0 Å². The van der Waals surface area contributed by atoms with Crippen molar-refractivity contribution in [2.24, 2.45) is 0 Å². The van der Waals surface area contributed by atoms with E-state index >= 15 is 0 Å². The van der Waals surface area contributed by atoms with Crippen LogP contribution in [-0.4, -0.2) is 0 Å². The maximum Gasteiger partial charge on any atom is 0.0748 e. The summed E-state index contributed by atoms with van der Waals surface area (Å²) < 4.78 is 0. The van der Waals surface area contributed by atoms with E-state index in [9.17, 15) is 0 Å². The van der Waals surface area contributed by atoms with Crippen LogP contribution in [0.4, 0.5) is 0 Å². The Kier molecular flexibility index (Phi) is 3.81. The molecular weight excluding hydrogens is 312 g/mol. The Balaban J connectivity index is 2.30. The Labute approximate surface area is 120 Å². The van der Waals surface area contributed by atoms with Crippen LogP contribution in [0.1, 0.15) is 46.5 Å². The monoisotopic (exact) mass is 328 g/mol. The molecule has 0 aromatic carbocycles. The molecule has 3 heteroatoms. The number of hydrogen-bond donors (Lipinski definition) is 0. The smallest absolute Gasteiger partial charge is 0.0748 e. The number of hydrogen-bond acceptors (Lipinski definition) is 2. The summed E-state index contributed by atoms with van der Waals surface area (Å²) >= 11 is 7.51. The molecule has 0 spiro atoms. The largest absolute Gasteiger partial charge is 0.152 e. The van der Waals surface area contributed by atoms with E-state index in [2.05, 4.69) is 66.5 Å². The minimum absolute atomic E-state index is 0.249. The van der Waals surface area contributed by atoms with E-state index in [-0.39, 0.29) is 5.41 Å². The summed E-state index contributed by atoms with van der Waals surface area (Å²) in [4.78, 5) is 3.19. The molecule has 92 valence electrons. The maximum absolute atomic E-state index is 3.82. The highest BCUT2D eigenvalue weighted by Gasteiger charge is 2.20. The molecule has 0 saturated heterocycles. The summed E-state index contributed by atoms with van der Waals surface area (Å²) in [5.74, 6) is 0. The molecule has 0 saturated carbocycles. The van der Waals surface area contributed by atoms with E-state index in [1.165, 1.54) is 20.9 Å². The average molecular weight is 329 g/mol. The van der Waals surface area contributed by atoms with Gasteiger partial charge in [-0.05, 0) is 46.4 Å². The van der Waals surface area contributed by atoms with Crippen LogP contribution < -0.4 is 0 Å². The van der Waals surface area contributed by atoms with Crippen LogP contribution in [0.3, 0.4) is 0 Å². The molecule has 0 radical (unpaired) electrons. The fraction of sp³-hybridized carbons (Fsp3) is 0.429. The normalized spacial score (nSPS) is 13.9. The van der Waals surface area contributed by atoms with Crippen molar-refractivity contribution in [2.75, 3.05) is 0 Å². The first-order valence-electron chi connectivity index (χ1n) is 5.66. The van der Waals surface area contributed by atoms with Crippen molar-refractivity contribution in [1.82, 2.24) is 0 Å². The minimum atomic E-state index is 0.249. The van der Waals surface area contributed by atoms with Crippen molar-refractivity contribution in [3.63, 3.8) is 0 Å². The Hall–Kier alpha value is -0.120. The third kappa shape index (κ3) is 2.83. The molecule has 0 aliphatic heterocycles.